The number of hydrogen-bond donors (Lipinski definition) is 2. The number of carbonyl (C=O) groups is 1. The molecule has 0 aromatic carbocycles. The Morgan fingerprint density at radius 1 is 1.45 bits per heavy atom. The lowest BCUT2D eigenvalue weighted by Crippen LogP contribution is -2.42. The predicted octanol–water partition coefficient (Wildman–Crippen LogP) is 2.29. The van der Waals surface area contributed by atoms with Gasteiger partial charge in [-0.3, -0.25) is 10.3 Å². The van der Waals surface area contributed by atoms with Gasteiger partial charge in [-0.15, -0.1) is 10.2 Å². The molecule has 0 radical (unpaired) electrons. The van der Waals surface area contributed by atoms with Gasteiger partial charge >= 0.3 is 6.03 Å². The minimum absolute atomic E-state index is 0.0364. The van der Waals surface area contributed by atoms with Crippen LogP contribution in [0.25, 0.3) is 10.7 Å². The highest BCUT2D eigenvalue weighted by atomic mass is 32.1. The van der Waals surface area contributed by atoms with Crippen molar-refractivity contribution in [2.75, 3.05) is 11.9 Å². The van der Waals surface area contributed by atoms with E-state index >= 15 is 0 Å². The summed E-state index contributed by atoms with van der Waals surface area (Å²) >= 11 is 1.29. The molecule has 0 spiro atoms. The third-order valence-electron chi connectivity index (χ3n) is 3.41. The van der Waals surface area contributed by atoms with Crippen LogP contribution in [-0.4, -0.2) is 40.0 Å². The summed E-state index contributed by atoms with van der Waals surface area (Å²) in [7, 11) is 0. The highest BCUT2D eigenvalue weighted by Crippen LogP contribution is 2.24. The Kier molecular flexibility index (Phi) is 4.59. The van der Waals surface area contributed by atoms with Gasteiger partial charge in [-0.25, -0.2) is 4.79 Å². The van der Waals surface area contributed by atoms with Crippen molar-refractivity contribution in [2.24, 2.45) is 0 Å². The number of hydrogen-bond acceptors (Lipinski definition) is 6. The molecule has 116 valence electrons. The van der Waals surface area contributed by atoms with Crippen molar-refractivity contribution < 1.29 is 9.53 Å². The van der Waals surface area contributed by atoms with Crippen LogP contribution in [0, 0.1) is 0 Å². The molecule has 7 nitrogen and oxygen atoms in total. The molecule has 22 heavy (non-hydrogen) atoms. The lowest BCUT2D eigenvalue weighted by atomic mass is 10.1. The Labute approximate surface area is 132 Å². The highest BCUT2D eigenvalue weighted by molar-refractivity contribution is 7.18. The number of anilines is 1. The lowest BCUT2D eigenvalue weighted by Gasteiger charge is -2.19. The van der Waals surface area contributed by atoms with Crippen LogP contribution >= 0.6 is 11.3 Å². The van der Waals surface area contributed by atoms with Crippen molar-refractivity contribution in [1.82, 2.24) is 20.5 Å². The minimum atomic E-state index is -0.299. The molecule has 3 heterocycles. The molecule has 1 aliphatic rings. The molecule has 0 saturated carbocycles. The molecule has 2 N–H and O–H groups in total. The normalized spacial score (nSPS) is 18.9. The highest BCUT2D eigenvalue weighted by Gasteiger charge is 2.23. The van der Waals surface area contributed by atoms with Crippen LogP contribution in [0.2, 0.25) is 0 Å². The zero-order chi connectivity index (χ0) is 15.4. The second-order valence-electron chi connectivity index (χ2n) is 5.07. The summed E-state index contributed by atoms with van der Waals surface area (Å²) in [6, 6.07) is 5.23. The number of amides is 2. The number of urea groups is 1. The van der Waals surface area contributed by atoms with Crippen LogP contribution in [-0.2, 0) is 4.74 Å². The Bertz CT molecular complexity index is 627. The topological polar surface area (TPSA) is 89.0 Å². The van der Waals surface area contributed by atoms with E-state index in [2.05, 4.69) is 25.8 Å². The summed E-state index contributed by atoms with van der Waals surface area (Å²) in [6.07, 6.45) is 3.80. The van der Waals surface area contributed by atoms with E-state index in [1.54, 1.807) is 6.20 Å². The monoisotopic (exact) mass is 319 g/mol. The Hall–Kier alpha value is -2.06. The number of nitrogens with one attached hydrogen (secondary N) is 2. The van der Waals surface area contributed by atoms with Gasteiger partial charge in [0.2, 0.25) is 5.13 Å². The Balaban J connectivity index is 1.57. The maximum Gasteiger partial charge on any atom is 0.321 e. The lowest BCUT2D eigenvalue weighted by molar-refractivity contribution is 0.0868. The standard InChI is InChI=1S/C14H17N5O2S/c1-9(11-6-4-8-21-11)16-13(20)17-14-19-18-12(22-14)10-5-2-3-7-15-10/h2-3,5,7,9,11H,4,6,8H2,1H3,(H2,16,17,19,20)/t9-,11+/m1/s1. The average molecular weight is 319 g/mol. The molecule has 0 aliphatic carbocycles. The molecule has 2 amide bonds. The molecule has 1 saturated heterocycles. The van der Waals surface area contributed by atoms with Crippen molar-refractivity contribution >= 4 is 22.5 Å². The van der Waals surface area contributed by atoms with Gasteiger partial charge < -0.3 is 10.1 Å². The molecular weight excluding hydrogens is 302 g/mol. The van der Waals surface area contributed by atoms with Crippen molar-refractivity contribution in [3.8, 4) is 10.7 Å². The first-order chi connectivity index (χ1) is 10.7. The molecule has 1 fully saturated rings. The number of nitrogens with zero attached hydrogens (tertiary/aromatic N) is 3. The molecule has 2 aromatic rings. The SMILES string of the molecule is C[C@@H](NC(=O)Nc1nnc(-c2ccccn2)s1)[C@@H]1CCCO1. The van der Waals surface area contributed by atoms with E-state index in [0.29, 0.717) is 10.1 Å². The van der Waals surface area contributed by atoms with Gasteiger partial charge in [0.1, 0.15) is 5.69 Å². The third-order valence-corrected chi connectivity index (χ3v) is 4.27. The van der Waals surface area contributed by atoms with E-state index in [0.717, 1.165) is 25.1 Å². The Morgan fingerprint density at radius 2 is 2.36 bits per heavy atom. The number of pyridine rings is 1. The predicted molar refractivity (Wildman–Crippen MR) is 83.7 cm³/mol. The molecule has 1 aliphatic heterocycles. The van der Waals surface area contributed by atoms with Gasteiger partial charge in [0.05, 0.1) is 12.1 Å². The first-order valence-electron chi connectivity index (χ1n) is 7.16. The van der Waals surface area contributed by atoms with Gasteiger partial charge in [0, 0.05) is 12.8 Å². The van der Waals surface area contributed by atoms with E-state index in [4.69, 9.17) is 4.74 Å². The zero-order valence-electron chi connectivity index (χ0n) is 12.2. The van der Waals surface area contributed by atoms with Crippen molar-refractivity contribution in [2.45, 2.75) is 31.9 Å². The zero-order valence-corrected chi connectivity index (χ0v) is 13.0. The van der Waals surface area contributed by atoms with Crippen molar-refractivity contribution in [3.63, 3.8) is 0 Å². The maximum absolute atomic E-state index is 12.0. The largest absolute Gasteiger partial charge is 0.376 e. The molecule has 8 heteroatoms. The number of ether oxygens (including phenoxy) is 1. The van der Waals surface area contributed by atoms with E-state index in [9.17, 15) is 4.79 Å². The van der Waals surface area contributed by atoms with Crippen LogP contribution in [0.15, 0.2) is 24.4 Å². The molecule has 0 bridgehead atoms. The smallest absolute Gasteiger partial charge is 0.321 e. The van der Waals surface area contributed by atoms with Crippen LogP contribution in [0.1, 0.15) is 19.8 Å². The van der Waals surface area contributed by atoms with E-state index in [1.165, 1.54) is 11.3 Å². The summed E-state index contributed by atoms with van der Waals surface area (Å²) in [4.78, 5) is 16.2. The van der Waals surface area contributed by atoms with E-state index in [-0.39, 0.29) is 18.2 Å². The molecule has 0 unspecified atom stereocenters. The third kappa shape index (κ3) is 3.58. The number of aromatic nitrogens is 3. The maximum atomic E-state index is 12.0. The quantitative estimate of drug-likeness (QED) is 0.902. The second-order valence-corrected chi connectivity index (χ2v) is 6.04. The fourth-order valence-electron chi connectivity index (χ4n) is 2.30. The van der Waals surface area contributed by atoms with Crippen LogP contribution < -0.4 is 10.6 Å². The number of rotatable bonds is 4. The van der Waals surface area contributed by atoms with Crippen molar-refractivity contribution in [3.05, 3.63) is 24.4 Å². The van der Waals surface area contributed by atoms with Crippen LogP contribution in [0.4, 0.5) is 9.93 Å². The van der Waals surface area contributed by atoms with E-state index in [1.807, 2.05) is 25.1 Å². The fraction of sp³-hybridized carbons (Fsp3) is 0.429. The molecular formula is C14H17N5O2S. The summed E-state index contributed by atoms with van der Waals surface area (Å²) in [5, 5.41) is 14.7. The molecule has 3 rings (SSSR count). The average Bonchev–Trinajstić information content (AvgIpc) is 3.19. The van der Waals surface area contributed by atoms with E-state index < -0.39 is 0 Å². The summed E-state index contributed by atoms with van der Waals surface area (Å²) in [6.45, 7) is 2.71. The van der Waals surface area contributed by atoms with Gasteiger partial charge in [-0.2, -0.15) is 0 Å². The molecule has 2 aromatic heterocycles. The first-order valence-corrected chi connectivity index (χ1v) is 7.98. The minimum Gasteiger partial charge on any atom is -0.376 e. The second kappa shape index (κ2) is 6.80. The number of carbonyl (C=O) groups excluding carboxylic acids is 1. The van der Waals surface area contributed by atoms with Gasteiger partial charge in [-0.1, -0.05) is 17.4 Å². The summed E-state index contributed by atoms with van der Waals surface area (Å²) in [5.74, 6) is 0. The first kappa shape index (κ1) is 14.9. The van der Waals surface area contributed by atoms with Crippen LogP contribution in [0.3, 0.4) is 0 Å². The molecule has 2 atom stereocenters. The fourth-order valence-corrected chi connectivity index (χ4v) is 3.01. The summed E-state index contributed by atoms with van der Waals surface area (Å²) in [5.41, 5.74) is 0.737. The van der Waals surface area contributed by atoms with Crippen molar-refractivity contribution in [1.29, 1.82) is 0 Å². The van der Waals surface area contributed by atoms with Gasteiger partial charge in [0.15, 0.2) is 5.01 Å². The van der Waals surface area contributed by atoms with Gasteiger partial charge in [-0.05, 0) is 31.9 Å². The van der Waals surface area contributed by atoms with Gasteiger partial charge in [0.25, 0.3) is 0 Å². The summed E-state index contributed by atoms with van der Waals surface area (Å²) < 4.78 is 5.55. The Morgan fingerprint density at radius 3 is 3.09 bits per heavy atom. The van der Waals surface area contributed by atoms with Crippen LogP contribution in [0.5, 0.6) is 0 Å².